The molecule has 0 atom stereocenters. The van der Waals surface area contributed by atoms with E-state index in [1.807, 2.05) is 18.2 Å². The van der Waals surface area contributed by atoms with Gasteiger partial charge in [-0.3, -0.25) is 4.79 Å². The van der Waals surface area contributed by atoms with Crippen molar-refractivity contribution >= 4 is 60.6 Å². The topological polar surface area (TPSA) is 17.1 Å². The van der Waals surface area contributed by atoms with Gasteiger partial charge in [-0.1, -0.05) is 39.7 Å². The molecule has 16 heavy (non-hydrogen) atoms. The molecule has 1 aromatic carbocycles. The maximum Gasteiger partial charge on any atom is 0.204 e. The molecule has 82 valence electrons. The number of carbonyl (C=O) groups is 1. The van der Waals surface area contributed by atoms with Crippen molar-refractivity contribution in [1.29, 1.82) is 0 Å². The van der Waals surface area contributed by atoms with Gasteiger partial charge in [0.15, 0.2) is 0 Å². The van der Waals surface area contributed by atoms with Crippen LogP contribution in [-0.2, 0) is 0 Å². The molecule has 0 radical (unpaired) electrons. The fourth-order valence-electron chi connectivity index (χ4n) is 1.24. The largest absolute Gasteiger partial charge is 0.288 e. The highest BCUT2D eigenvalue weighted by Crippen LogP contribution is 2.34. The Hall–Kier alpha value is -0.160. The highest BCUT2D eigenvalue weighted by molar-refractivity contribution is 9.11. The molecule has 0 fully saturated rings. The van der Waals surface area contributed by atoms with Crippen molar-refractivity contribution in [1.82, 2.24) is 0 Å². The van der Waals surface area contributed by atoms with E-state index in [9.17, 15) is 4.79 Å². The first kappa shape index (κ1) is 12.3. The van der Waals surface area contributed by atoms with E-state index >= 15 is 0 Å². The Balaban J connectivity index is 2.43. The lowest BCUT2D eigenvalue weighted by Crippen LogP contribution is -1.99. The van der Waals surface area contributed by atoms with E-state index < -0.39 is 0 Å². The number of benzene rings is 1. The van der Waals surface area contributed by atoms with Crippen LogP contribution in [0.2, 0.25) is 5.02 Å². The molecule has 0 amide bonds. The zero-order valence-corrected chi connectivity index (χ0v) is 12.6. The molecule has 5 heteroatoms. The predicted octanol–water partition coefficient (Wildman–Crippen LogP) is 5.16. The van der Waals surface area contributed by atoms with Crippen LogP contribution in [0.25, 0.3) is 0 Å². The van der Waals surface area contributed by atoms with Gasteiger partial charge in [0.25, 0.3) is 0 Å². The summed E-state index contributed by atoms with van der Waals surface area (Å²) in [6, 6.07) is 9.02. The van der Waals surface area contributed by atoms with Gasteiger partial charge in [0.2, 0.25) is 5.78 Å². The van der Waals surface area contributed by atoms with Crippen LogP contribution in [0.15, 0.2) is 38.6 Å². The van der Waals surface area contributed by atoms with Gasteiger partial charge < -0.3 is 0 Å². The monoisotopic (exact) mass is 378 g/mol. The average molecular weight is 380 g/mol. The minimum absolute atomic E-state index is 0.0231. The second-order valence-electron chi connectivity index (χ2n) is 3.04. The van der Waals surface area contributed by atoms with Crippen molar-refractivity contribution < 1.29 is 4.79 Å². The summed E-state index contributed by atoms with van der Waals surface area (Å²) in [5, 5.41) is 0.570. The Labute approximate surface area is 119 Å². The molecule has 0 saturated heterocycles. The summed E-state index contributed by atoms with van der Waals surface area (Å²) >= 11 is 13.9. The van der Waals surface area contributed by atoms with Crippen LogP contribution in [0.5, 0.6) is 0 Å². The number of rotatable bonds is 2. The molecular weight excluding hydrogens is 375 g/mol. The van der Waals surface area contributed by atoms with Crippen LogP contribution in [0, 0.1) is 0 Å². The highest BCUT2D eigenvalue weighted by atomic mass is 79.9. The molecule has 1 aromatic heterocycles. The number of thiophene rings is 1. The quantitative estimate of drug-likeness (QED) is 0.658. The third kappa shape index (κ3) is 2.40. The van der Waals surface area contributed by atoms with E-state index in [1.165, 1.54) is 11.3 Å². The van der Waals surface area contributed by atoms with E-state index in [0.717, 1.165) is 8.26 Å². The van der Waals surface area contributed by atoms with E-state index in [2.05, 4.69) is 31.9 Å². The van der Waals surface area contributed by atoms with Gasteiger partial charge in [-0.25, -0.2) is 0 Å². The Kier molecular flexibility index (Phi) is 3.85. The van der Waals surface area contributed by atoms with Crippen LogP contribution in [0.4, 0.5) is 0 Å². The molecule has 2 aromatic rings. The van der Waals surface area contributed by atoms with Gasteiger partial charge in [-0.15, -0.1) is 11.3 Å². The molecule has 0 unspecified atom stereocenters. The third-order valence-corrected chi connectivity index (χ3v) is 5.15. The molecule has 2 rings (SSSR count). The summed E-state index contributed by atoms with van der Waals surface area (Å²) < 4.78 is 1.57. The highest BCUT2D eigenvalue weighted by Gasteiger charge is 2.16. The first-order valence-electron chi connectivity index (χ1n) is 4.33. The molecule has 0 aliphatic carbocycles. The maximum absolute atomic E-state index is 12.1. The number of carbonyl (C=O) groups excluding carboxylic acids is 1. The smallest absolute Gasteiger partial charge is 0.204 e. The van der Waals surface area contributed by atoms with Crippen molar-refractivity contribution in [3.8, 4) is 0 Å². The van der Waals surface area contributed by atoms with Gasteiger partial charge in [0.1, 0.15) is 0 Å². The Bertz CT molecular complexity index is 531. The van der Waals surface area contributed by atoms with E-state index in [0.29, 0.717) is 15.5 Å². The molecular formula is C11H5Br2ClOS. The fourth-order valence-corrected chi connectivity index (χ4v) is 3.36. The fraction of sp³-hybridized carbons (Fsp3) is 0. The normalized spacial score (nSPS) is 10.4. The van der Waals surface area contributed by atoms with Crippen molar-refractivity contribution in [3.05, 3.63) is 54.1 Å². The van der Waals surface area contributed by atoms with Gasteiger partial charge in [-0.05, 0) is 34.1 Å². The number of hydrogen-bond acceptors (Lipinski definition) is 2. The molecule has 1 nitrogen and oxygen atoms in total. The van der Waals surface area contributed by atoms with E-state index in [-0.39, 0.29) is 5.78 Å². The second-order valence-corrected chi connectivity index (χ2v) is 6.67. The lowest BCUT2D eigenvalue weighted by molar-refractivity contribution is 0.104. The summed E-state index contributed by atoms with van der Waals surface area (Å²) in [4.78, 5) is 12.8. The van der Waals surface area contributed by atoms with Crippen molar-refractivity contribution in [2.75, 3.05) is 0 Å². The SMILES string of the molecule is O=C(c1cc(Cl)c(Br)s1)c1ccccc1Br. The molecule has 0 aliphatic rings. The van der Waals surface area contributed by atoms with Crippen LogP contribution in [0.1, 0.15) is 15.2 Å². The number of ketones is 1. The van der Waals surface area contributed by atoms with Gasteiger partial charge in [0.05, 0.1) is 13.7 Å². The zero-order chi connectivity index (χ0) is 11.7. The molecule has 0 bridgehead atoms. The molecule has 1 heterocycles. The lowest BCUT2D eigenvalue weighted by Gasteiger charge is -2.00. The Morgan fingerprint density at radius 1 is 1.25 bits per heavy atom. The first-order valence-corrected chi connectivity index (χ1v) is 7.11. The lowest BCUT2D eigenvalue weighted by atomic mass is 10.1. The maximum atomic E-state index is 12.1. The van der Waals surface area contributed by atoms with Crippen LogP contribution < -0.4 is 0 Å². The van der Waals surface area contributed by atoms with Crippen molar-refractivity contribution in [2.45, 2.75) is 0 Å². The van der Waals surface area contributed by atoms with Gasteiger partial charge in [0, 0.05) is 10.0 Å². The Morgan fingerprint density at radius 2 is 1.94 bits per heavy atom. The number of halogens is 3. The van der Waals surface area contributed by atoms with Crippen molar-refractivity contribution in [2.24, 2.45) is 0 Å². The average Bonchev–Trinajstić information content (AvgIpc) is 2.59. The third-order valence-electron chi connectivity index (χ3n) is 1.99. The van der Waals surface area contributed by atoms with Crippen molar-refractivity contribution in [3.63, 3.8) is 0 Å². The van der Waals surface area contributed by atoms with Crippen LogP contribution >= 0.6 is 54.8 Å². The van der Waals surface area contributed by atoms with Crippen LogP contribution in [0.3, 0.4) is 0 Å². The zero-order valence-electron chi connectivity index (χ0n) is 7.84. The van der Waals surface area contributed by atoms with Gasteiger partial charge >= 0.3 is 0 Å². The van der Waals surface area contributed by atoms with Crippen LogP contribution in [-0.4, -0.2) is 5.78 Å². The summed E-state index contributed by atoms with van der Waals surface area (Å²) in [5.41, 5.74) is 0.646. The minimum Gasteiger partial charge on any atom is -0.288 e. The molecule has 0 spiro atoms. The van der Waals surface area contributed by atoms with Gasteiger partial charge in [-0.2, -0.15) is 0 Å². The summed E-state index contributed by atoms with van der Waals surface area (Å²) in [6.45, 7) is 0. The predicted molar refractivity (Wildman–Crippen MR) is 74.6 cm³/mol. The molecule has 0 saturated carbocycles. The molecule has 0 N–H and O–H groups in total. The first-order chi connectivity index (χ1) is 7.59. The number of hydrogen-bond donors (Lipinski definition) is 0. The summed E-state index contributed by atoms with van der Waals surface area (Å²) in [6.07, 6.45) is 0. The minimum atomic E-state index is -0.0231. The second kappa shape index (κ2) is 5.00. The summed E-state index contributed by atoms with van der Waals surface area (Å²) in [7, 11) is 0. The standard InChI is InChI=1S/C11H5Br2ClOS/c12-7-4-2-1-3-6(7)10(15)9-5-8(14)11(13)16-9/h1-5H. The Morgan fingerprint density at radius 3 is 2.50 bits per heavy atom. The summed E-state index contributed by atoms with van der Waals surface area (Å²) in [5.74, 6) is -0.0231. The van der Waals surface area contributed by atoms with E-state index in [4.69, 9.17) is 11.6 Å². The van der Waals surface area contributed by atoms with E-state index in [1.54, 1.807) is 12.1 Å². The molecule has 0 aliphatic heterocycles.